The van der Waals surface area contributed by atoms with E-state index in [9.17, 15) is 9.59 Å². The van der Waals surface area contributed by atoms with E-state index in [4.69, 9.17) is 10.4 Å². The Morgan fingerprint density at radius 3 is 2.53 bits per heavy atom. The lowest BCUT2D eigenvalue weighted by Gasteiger charge is -2.04. The van der Waals surface area contributed by atoms with Crippen molar-refractivity contribution in [1.29, 1.82) is 5.26 Å². The van der Waals surface area contributed by atoms with Crippen molar-refractivity contribution in [1.82, 2.24) is 5.32 Å². The van der Waals surface area contributed by atoms with Crippen LogP contribution in [0.1, 0.15) is 5.56 Å². The number of carboxylic acid groups (broad SMARTS) is 1. The summed E-state index contributed by atoms with van der Waals surface area (Å²) < 4.78 is 0. The second-order valence-electron chi connectivity index (χ2n) is 3.76. The highest BCUT2D eigenvalue weighted by Gasteiger charge is 2.09. The monoisotopic (exact) mass is 259 g/mol. The van der Waals surface area contributed by atoms with Crippen molar-refractivity contribution in [2.75, 3.05) is 11.9 Å². The van der Waals surface area contributed by atoms with E-state index in [1.165, 1.54) is 0 Å². The van der Waals surface area contributed by atoms with Gasteiger partial charge in [-0.1, -0.05) is 17.7 Å². The number of aliphatic carboxylic acids is 1. The molecular weight excluding hydrogens is 246 g/mol. The Morgan fingerprint density at radius 2 is 2.00 bits per heavy atom. The number of hydrogen-bond donors (Lipinski definition) is 3. The third kappa shape index (κ3) is 4.91. The number of hydrogen-bond acceptors (Lipinski definition) is 4. The van der Waals surface area contributed by atoms with E-state index in [-0.39, 0.29) is 12.1 Å². The normalized spacial score (nSPS) is 10.4. The second kappa shape index (κ2) is 6.81. The maximum Gasteiger partial charge on any atom is 0.322 e. The molecule has 0 heterocycles. The van der Waals surface area contributed by atoms with E-state index in [1.54, 1.807) is 18.2 Å². The Hall–Kier alpha value is -2.81. The van der Waals surface area contributed by atoms with Crippen LogP contribution in [-0.4, -0.2) is 23.5 Å². The van der Waals surface area contributed by atoms with Crippen LogP contribution in [0, 0.1) is 18.3 Å². The molecule has 3 N–H and O–H groups in total. The van der Waals surface area contributed by atoms with Gasteiger partial charge in [-0.25, -0.2) is 0 Å². The molecule has 0 radical (unpaired) electrons. The maximum atomic E-state index is 11.7. The number of aryl methyl sites for hydroxylation is 1. The molecule has 0 spiro atoms. The molecule has 0 aliphatic rings. The molecule has 0 saturated heterocycles. The van der Waals surface area contributed by atoms with E-state index in [0.29, 0.717) is 5.69 Å². The van der Waals surface area contributed by atoms with Crippen molar-refractivity contribution in [2.24, 2.45) is 0 Å². The Morgan fingerprint density at radius 1 is 1.37 bits per heavy atom. The van der Waals surface area contributed by atoms with Gasteiger partial charge in [-0.05, 0) is 19.1 Å². The van der Waals surface area contributed by atoms with Gasteiger partial charge in [0.05, 0.1) is 0 Å². The molecule has 0 atom stereocenters. The van der Waals surface area contributed by atoms with Crippen molar-refractivity contribution in [3.8, 4) is 6.07 Å². The van der Waals surface area contributed by atoms with Gasteiger partial charge >= 0.3 is 5.97 Å². The predicted molar refractivity (Wildman–Crippen MR) is 69.1 cm³/mol. The molecule has 6 nitrogen and oxygen atoms in total. The van der Waals surface area contributed by atoms with E-state index in [2.05, 4.69) is 10.6 Å². The zero-order chi connectivity index (χ0) is 14.3. The Labute approximate surface area is 110 Å². The lowest BCUT2D eigenvalue weighted by Crippen LogP contribution is -2.20. The minimum Gasteiger partial charge on any atom is -0.480 e. The van der Waals surface area contributed by atoms with Gasteiger partial charge in [-0.3, -0.25) is 9.59 Å². The number of carbonyl (C=O) groups is 2. The topological polar surface area (TPSA) is 102 Å². The maximum absolute atomic E-state index is 11.7. The smallest absolute Gasteiger partial charge is 0.322 e. The van der Waals surface area contributed by atoms with Gasteiger partial charge in [-0.15, -0.1) is 0 Å². The highest BCUT2D eigenvalue weighted by molar-refractivity contribution is 6.06. The van der Waals surface area contributed by atoms with Crippen LogP contribution >= 0.6 is 0 Å². The van der Waals surface area contributed by atoms with Crippen LogP contribution in [0.3, 0.4) is 0 Å². The number of anilines is 1. The number of amides is 1. The molecule has 1 aromatic carbocycles. The largest absolute Gasteiger partial charge is 0.480 e. The fraction of sp³-hybridized carbons (Fsp3) is 0.154. The summed E-state index contributed by atoms with van der Waals surface area (Å²) in [5, 5.41) is 22.1. The van der Waals surface area contributed by atoms with Crippen LogP contribution in [0.2, 0.25) is 0 Å². The van der Waals surface area contributed by atoms with Gasteiger partial charge < -0.3 is 15.7 Å². The highest BCUT2D eigenvalue weighted by atomic mass is 16.4. The average molecular weight is 259 g/mol. The molecule has 0 unspecified atom stereocenters. The van der Waals surface area contributed by atoms with E-state index in [0.717, 1.165) is 11.8 Å². The Bertz CT molecular complexity index is 541. The minimum absolute atomic E-state index is 0.193. The Balaban J connectivity index is 2.66. The fourth-order valence-electron chi connectivity index (χ4n) is 1.22. The van der Waals surface area contributed by atoms with Gasteiger partial charge in [0.2, 0.25) is 0 Å². The number of nitrogens with one attached hydrogen (secondary N) is 2. The van der Waals surface area contributed by atoms with E-state index >= 15 is 0 Å². The highest BCUT2D eigenvalue weighted by Crippen LogP contribution is 2.09. The molecule has 6 heteroatoms. The van der Waals surface area contributed by atoms with Crippen LogP contribution in [0.25, 0.3) is 0 Å². The van der Waals surface area contributed by atoms with Crippen LogP contribution in [0.15, 0.2) is 36.0 Å². The van der Waals surface area contributed by atoms with Crippen LogP contribution in [0.5, 0.6) is 0 Å². The lowest BCUT2D eigenvalue weighted by atomic mass is 10.2. The molecule has 0 aromatic heterocycles. The van der Waals surface area contributed by atoms with Crippen molar-refractivity contribution in [2.45, 2.75) is 6.92 Å². The summed E-state index contributed by atoms with van der Waals surface area (Å²) in [6, 6.07) is 8.79. The number of nitriles is 1. The van der Waals surface area contributed by atoms with Gasteiger partial charge in [0.15, 0.2) is 0 Å². The number of carboxylic acids is 1. The van der Waals surface area contributed by atoms with Crippen molar-refractivity contribution < 1.29 is 14.7 Å². The zero-order valence-corrected chi connectivity index (χ0v) is 10.3. The molecular formula is C13H13N3O3. The standard InChI is InChI=1S/C13H13N3O3/c1-9-2-4-11(5-3-9)16-13(19)10(6-14)7-15-8-12(17)18/h2-5,7,15H,8H2,1H3,(H,16,19)(H,17,18)/b10-7-. The first-order chi connectivity index (χ1) is 9.02. The molecule has 1 aromatic rings. The predicted octanol–water partition coefficient (Wildman–Crippen LogP) is 1.02. The van der Waals surface area contributed by atoms with E-state index < -0.39 is 11.9 Å². The molecule has 0 aliphatic heterocycles. The van der Waals surface area contributed by atoms with Crippen LogP contribution in [0.4, 0.5) is 5.69 Å². The molecule has 1 amide bonds. The summed E-state index contributed by atoms with van der Waals surface area (Å²) in [6.07, 6.45) is 1.08. The van der Waals surface area contributed by atoms with Gasteiger partial charge in [0.1, 0.15) is 18.2 Å². The zero-order valence-electron chi connectivity index (χ0n) is 10.3. The number of carbonyl (C=O) groups excluding carboxylic acids is 1. The molecule has 0 bridgehead atoms. The van der Waals surface area contributed by atoms with Crippen molar-refractivity contribution >= 4 is 17.6 Å². The summed E-state index contributed by atoms with van der Waals surface area (Å²) in [5.74, 6) is -1.67. The van der Waals surface area contributed by atoms with Crippen molar-refractivity contribution in [3.05, 3.63) is 41.6 Å². The second-order valence-corrected chi connectivity index (χ2v) is 3.76. The number of nitrogens with zero attached hydrogens (tertiary/aromatic N) is 1. The Kier molecular flexibility index (Phi) is 5.11. The van der Waals surface area contributed by atoms with Gasteiger partial charge in [0.25, 0.3) is 5.91 Å². The first-order valence-electron chi connectivity index (χ1n) is 5.46. The summed E-state index contributed by atoms with van der Waals surface area (Å²) in [4.78, 5) is 22.0. The quantitative estimate of drug-likeness (QED) is 0.541. The summed E-state index contributed by atoms with van der Waals surface area (Å²) >= 11 is 0. The van der Waals surface area contributed by atoms with Gasteiger partial charge in [0, 0.05) is 11.9 Å². The molecule has 98 valence electrons. The first kappa shape index (κ1) is 14.3. The fourth-order valence-corrected chi connectivity index (χ4v) is 1.22. The molecule has 1 rings (SSSR count). The third-order valence-corrected chi connectivity index (χ3v) is 2.17. The molecule has 0 fully saturated rings. The summed E-state index contributed by atoms with van der Waals surface area (Å²) in [6.45, 7) is 1.56. The van der Waals surface area contributed by atoms with E-state index in [1.807, 2.05) is 19.1 Å². The van der Waals surface area contributed by atoms with Gasteiger partial charge in [-0.2, -0.15) is 5.26 Å². The average Bonchev–Trinajstić information content (AvgIpc) is 2.37. The molecule has 19 heavy (non-hydrogen) atoms. The molecule has 0 aliphatic carbocycles. The molecule has 0 saturated carbocycles. The van der Waals surface area contributed by atoms with Crippen LogP contribution in [-0.2, 0) is 9.59 Å². The minimum atomic E-state index is -1.08. The first-order valence-corrected chi connectivity index (χ1v) is 5.46. The van der Waals surface area contributed by atoms with Crippen molar-refractivity contribution in [3.63, 3.8) is 0 Å². The lowest BCUT2D eigenvalue weighted by molar-refractivity contribution is -0.135. The third-order valence-electron chi connectivity index (χ3n) is 2.17. The van der Waals surface area contributed by atoms with Crippen LogP contribution < -0.4 is 10.6 Å². The summed E-state index contributed by atoms with van der Waals surface area (Å²) in [7, 11) is 0. The SMILES string of the molecule is Cc1ccc(NC(=O)/C(C#N)=C\NCC(=O)O)cc1. The number of rotatable bonds is 5. The number of benzene rings is 1. The summed E-state index contributed by atoms with van der Waals surface area (Å²) in [5.41, 5.74) is 1.42.